The third-order valence-corrected chi connectivity index (χ3v) is 4.26. The van der Waals surface area contributed by atoms with Gasteiger partial charge in [-0.2, -0.15) is 0 Å². The number of likely N-dealkylation sites (tertiary alicyclic amines) is 1. The maximum Gasteiger partial charge on any atom is 0.311 e. The number of benzene rings is 2. The Kier molecular flexibility index (Phi) is 5.80. The van der Waals surface area contributed by atoms with Crippen LogP contribution in [-0.2, 0) is 25.7 Å². The summed E-state index contributed by atoms with van der Waals surface area (Å²) in [5.41, 5.74) is 0.993. The zero-order chi connectivity index (χ0) is 19.2. The Morgan fingerprint density at radius 1 is 1.11 bits per heavy atom. The lowest BCUT2D eigenvalue weighted by Gasteiger charge is -2.16. The molecule has 27 heavy (non-hydrogen) atoms. The fourth-order valence-electron chi connectivity index (χ4n) is 2.89. The molecule has 2 amide bonds. The third kappa shape index (κ3) is 4.91. The molecule has 0 aliphatic carbocycles. The average molecular weight is 370 g/mol. The zero-order valence-corrected chi connectivity index (χ0v) is 14.6. The highest BCUT2D eigenvalue weighted by Crippen LogP contribution is 2.21. The van der Waals surface area contributed by atoms with Gasteiger partial charge in [0.2, 0.25) is 5.91 Å². The Hall–Kier alpha value is -3.22. The van der Waals surface area contributed by atoms with Gasteiger partial charge in [-0.3, -0.25) is 14.4 Å². The largest absolute Gasteiger partial charge is 0.455 e. The standard InChI is InChI=1S/C20H19FN2O4/c21-16-8-4-5-9-17(16)22-18(24)13-27-20(26)15-10-19(25)23(12-15)11-14-6-2-1-3-7-14/h1-9,15H,10-13H2,(H,22,24)/t15-/m1/s1. The second kappa shape index (κ2) is 8.44. The van der Waals surface area contributed by atoms with E-state index in [1.807, 2.05) is 30.3 Å². The fraction of sp³-hybridized carbons (Fsp3) is 0.250. The second-order valence-electron chi connectivity index (χ2n) is 6.30. The first-order valence-corrected chi connectivity index (χ1v) is 8.55. The van der Waals surface area contributed by atoms with E-state index in [2.05, 4.69) is 5.32 Å². The van der Waals surface area contributed by atoms with Crippen LogP contribution in [0.3, 0.4) is 0 Å². The summed E-state index contributed by atoms with van der Waals surface area (Å²) < 4.78 is 18.5. The summed E-state index contributed by atoms with van der Waals surface area (Å²) in [4.78, 5) is 37.7. The van der Waals surface area contributed by atoms with Gasteiger partial charge in [0.25, 0.3) is 5.91 Å². The molecule has 1 atom stereocenters. The molecule has 0 spiro atoms. The van der Waals surface area contributed by atoms with Crippen LogP contribution in [0, 0.1) is 11.7 Å². The minimum Gasteiger partial charge on any atom is -0.455 e. The SMILES string of the molecule is O=C(COC(=O)[C@@H]1CC(=O)N(Cc2ccccc2)C1)Nc1ccccc1F. The van der Waals surface area contributed by atoms with Crippen molar-refractivity contribution in [2.24, 2.45) is 5.92 Å². The van der Waals surface area contributed by atoms with Crippen LogP contribution < -0.4 is 5.32 Å². The van der Waals surface area contributed by atoms with E-state index in [0.29, 0.717) is 6.54 Å². The molecule has 0 unspecified atom stereocenters. The minimum absolute atomic E-state index is 0.0172. The second-order valence-corrected chi connectivity index (χ2v) is 6.30. The van der Waals surface area contributed by atoms with Crippen molar-refractivity contribution in [3.63, 3.8) is 0 Å². The maximum absolute atomic E-state index is 13.5. The van der Waals surface area contributed by atoms with Crippen molar-refractivity contribution in [1.82, 2.24) is 4.90 Å². The number of nitrogens with one attached hydrogen (secondary N) is 1. The molecular formula is C20H19FN2O4. The number of anilines is 1. The molecule has 1 heterocycles. The molecule has 1 saturated heterocycles. The predicted molar refractivity (Wildman–Crippen MR) is 96.0 cm³/mol. The summed E-state index contributed by atoms with van der Waals surface area (Å²) in [6.07, 6.45) is 0.0562. The van der Waals surface area contributed by atoms with E-state index >= 15 is 0 Å². The summed E-state index contributed by atoms with van der Waals surface area (Å²) >= 11 is 0. The van der Waals surface area contributed by atoms with Gasteiger partial charge in [-0.1, -0.05) is 42.5 Å². The smallest absolute Gasteiger partial charge is 0.311 e. The Labute approximate surface area is 155 Å². The van der Waals surface area contributed by atoms with Crippen molar-refractivity contribution in [3.05, 3.63) is 66.0 Å². The van der Waals surface area contributed by atoms with E-state index in [0.717, 1.165) is 5.56 Å². The van der Waals surface area contributed by atoms with Gasteiger partial charge in [0.1, 0.15) is 5.82 Å². The van der Waals surface area contributed by atoms with Crippen molar-refractivity contribution < 1.29 is 23.5 Å². The highest BCUT2D eigenvalue weighted by Gasteiger charge is 2.35. The molecular weight excluding hydrogens is 351 g/mol. The number of ether oxygens (including phenoxy) is 1. The number of carbonyl (C=O) groups is 3. The average Bonchev–Trinajstić information content (AvgIpc) is 3.03. The molecule has 0 saturated carbocycles. The van der Waals surface area contributed by atoms with Gasteiger partial charge >= 0.3 is 5.97 Å². The number of hydrogen-bond donors (Lipinski definition) is 1. The van der Waals surface area contributed by atoms with E-state index in [4.69, 9.17) is 4.74 Å². The molecule has 1 aliphatic rings. The number of amides is 2. The summed E-state index contributed by atoms with van der Waals surface area (Å²) in [7, 11) is 0. The highest BCUT2D eigenvalue weighted by molar-refractivity contribution is 5.93. The quantitative estimate of drug-likeness (QED) is 0.792. The van der Waals surface area contributed by atoms with Crippen molar-refractivity contribution in [2.45, 2.75) is 13.0 Å². The summed E-state index contributed by atoms with van der Waals surface area (Å²) in [6, 6.07) is 15.2. The van der Waals surface area contributed by atoms with Gasteiger partial charge < -0.3 is 15.0 Å². The van der Waals surface area contributed by atoms with E-state index in [9.17, 15) is 18.8 Å². The number of hydrogen-bond acceptors (Lipinski definition) is 4. The summed E-state index contributed by atoms with van der Waals surface area (Å²) in [6.45, 7) is 0.148. The van der Waals surface area contributed by atoms with Crippen molar-refractivity contribution >= 4 is 23.5 Å². The number of carbonyl (C=O) groups excluding carboxylic acids is 3. The maximum atomic E-state index is 13.5. The first-order chi connectivity index (χ1) is 13.0. The van der Waals surface area contributed by atoms with Gasteiger partial charge in [-0.25, -0.2) is 4.39 Å². The number of rotatable bonds is 6. The van der Waals surface area contributed by atoms with E-state index < -0.39 is 30.2 Å². The normalized spacial score (nSPS) is 16.3. The molecule has 0 radical (unpaired) electrons. The Morgan fingerprint density at radius 2 is 1.81 bits per heavy atom. The molecule has 1 fully saturated rings. The minimum atomic E-state index is -0.640. The Balaban J connectivity index is 1.48. The molecule has 1 N–H and O–H groups in total. The van der Waals surface area contributed by atoms with Crippen molar-refractivity contribution in [1.29, 1.82) is 0 Å². The van der Waals surface area contributed by atoms with Gasteiger partial charge in [-0.05, 0) is 17.7 Å². The van der Waals surface area contributed by atoms with Crippen molar-refractivity contribution in [2.75, 3.05) is 18.5 Å². The molecule has 6 nitrogen and oxygen atoms in total. The Bertz CT molecular complexity index is 841. The van der Waals surface area contributed by atoms with Crippen LogP contribution in [0.4, 0.5) is 10.1 Å². The van der Waals surface area contributed by atoms with Crippen LogP contribution in [-0.4, -0.2) is 35.8 Å². The van der Waals surface area contributed by atoms with E-state index in [1.165, 1.54) is 18.2 Å². The lowest BCUT2D eigenvalue weighted by molar-refractivity contribution is -0.151. The molecule has 2 aromatic rings. The number of esters is 1. The number of halogens is 1. The topological polar surface area (TPSA) is 75.7 Å². The molecule has 3 rings (SSSR count). The lowest BCUT2D eigenvalue weighted by Crippen LogP contribution is -2.28. The van der Waals surface area contributed by atoms with Gasteiger partial charge in [-0.15, -0.1) is 0 Å². The van der Waals surface area contributed by atoms with Crippen LogP contribution in [0.15, 0.2) is 54.6 Å². The van der Waals surface area contributed by atoms with Crippen LogP contribution >= 0.6 is 0 Å². The first kappa shape index (κ1) is 18.6. The third-order valence-electron chi connectivity index (χ3n) is 4.26. The number of para-hydroxylation sites is 1. The fourth-order valence-corrected chi connectivity index (χ4v) is 2.89. The van der Waals surface area contributed by atoms with Gasteiger partial charge in [0.15, 0.2) is 6.61 Å². The zero-order valence-electron chi connectivity index (χ0n) is 14.6. The molecule has 1 aliphatic heterocycles. The van der Waals surface area contributed by atoms with Crippen LogP contribution in [0.2, 0.25) is 0 Å². The monoisotopic (exact) mass is 370 g/mol. The molecule has 0 aromatic heterocycles. The Morgan fingerprint density at radius 3 is 2.56 bits per heavy atom. The van der Waals surface area contributed by atoms with Gasteiger partial charge in [0.05, 0.1) is 11.6 Å². The summed E-state index contributed by atoms with van der Waals surface area (Å²) in [5.74, 6) is -2.56. The van der Waals surface area contributed by atoms with Crippen LogP contribution in [0.1, 0.15) is 12.0 Å². The molecule has 0 bridgehead atoms. The molecule has 140 valence electrons. The predicted octanol–water partition coefficient (Wildman–Crippen LogP) is 2.36. The molecule has 7 heteroatoms. The van der Waals surface area contributed by atoms with Crippen molar-refractivity contribution in [3.8, 4) is 0 Å². The number of nitrogens with zero attached hydrogens (tertiary/aromatic N) is 1. The molecule has 2 aromatic carbocycles. The summed E-state index contributed by atoms with van der Waals surface area (Å²) in [5, 5.41) is 2.34. The van der Waals surface area contributed by atoms with Crippen LogP contribution in [0.5, 0.6) is 0 Å². The van der Waals surface area contributed by atoms with E-state index in [-0.39, 0.29) is 24.6 Å². The lowest BCUT2D eigenvalue weighted by atomic mass is 10.1. The van der Waals surface area contributed by atoms with Crippen LogP contribution in [0.25, 0.3) is 0 Å². The van der Waals surface area contributed by atoms with Gasteiger partial charge in [0, 0.05) is 19.5 Å². The van der Waals surface area contributed by atoms with E-state index in [1.54, 1.807) is 11.0 Å². The highest BCUT2D eigenvalue weighted by atomic mass is 19.1. The first-order valence-electron chi connectivity index (χ1n) is 8.55.